The lowest BCUT2D eigenvalue weighted by Crippen LogP contribution is -2.31. The summed E-state index contributed by atoms with van der Waals surface area (Å²) in [4.78, 5) is 11.5. The lowest BCUT2D eigenvalue weighted by atomic mass is 10.1. The second-order valence-electron chi connectivity index (χ2n) is 4.80. The first-order valence-corrected chi connectivity index (χ1v) is 7.04. The van der Waals surface area contributed by atoms with Crippen LogP contribution in [0.2, 0.25) is 0 Å². The zero-order valence-electron chi connectivity index (χ0n) is 12.4. The summed E-state index contributed by atoms with van der Waals surface area (Å²) in [6.07, 6.45) is 0.814. The normalized spacial score (nSPS) is 12.0. The number of hydrogen-bond acceptors (Lipinski definition) is 5. The molecule has 0 aliphatic carbocycles. The van der Waals surface area contributed by atoms with Gasteiger partial charge in [-0.1, -0.05) is 12.1 Å². The summed E-state index contributed by atoms with van der Waals surface area (Å²) in [7, 11) is 0. The average Bonchev–Trinajstić information content (AvgIpc) is 2.46. The first-order chi connectivity index (χ1) is 10.1. The van der Waals surface area contributed by atoms with Crippen LogP contribution >= 0.6 is 0 Å². The topological polar surface area (TPSA) is 93.8 Å². The van der Waals surface area contributed by atoms with Crippen molar-refractivity contribution in [2.24, 2.45) is 5.73 Å². The molecule has 0 heterocycles. The Hall–Kier alpha value is -1.63. The van der Waals surface area contributed by atoms with Crippen LogP contribution in [-0.2, 0) is 16.0 Å². The van der Waals surface area contributed by atoms with Crippen LogP contribution in [0.3, 0.4) is 0 Å². The van der Waals surface area contributed by atoms with Crippen molar-refractivity contribution in [1.82, 2.24) is 5.32 Å². The van der Waals surface area contributed by atoms with Gasteiger partial charge < -0.3 is 25.6 Å². The molecular formula is C15H24N2O4. The molecule has 0 spiro atoms. The van der Waals surface area contributed by atoms with Crippen molar-refractivity contribution in [1.29, 1.82) is 0 Å². The van der Waals surface area contributed by atoms with Crippen LogP contribution in [0.25, 0.3) is 0 Å². The number of aliphatic hydroxyl groups is 1. The predicted octanol–water partition coefficient (Wildman–Crippen LogP) is 0.0802. The first-order valence-electron chi connectivity index (χ1n) is 7.04. The number of amides is 1. The van der Waals surface area contributed by atoms with Gasteiger partial charge in [-0.25, -0.2) is 0 Å². The summed E-state index contributed by atoms with van der Waals surface area (Å²) in [6.45, 7) is 2.95. The molecule has 1 aromatic rings. The molecule has 0 aliphatic rings. The van der Waals surface area contributed by atoms with E-state index in [2.05, 4.69) is 5.32 Å². The first kappa shape index (κ1) is 17.4. The Labute approximate surface area is 125 Å². The van der Waals surface area contributed by atoms with Crippen molar-refractivity contribution < 1.29 is 19.4 Å². The Bertz CT molecular complexity index is 407. The second-order valence-corrected chi connectivity index (χ2v) is 4.80. The van der Waals surface area contributed by atoms with Gasteiger partial charge in [-0.15, -0.1) is 0 Å². The predicted molar refractivity (Wildman–Crippen MR) is 80.2 cm³/mol. The van der Waals surface area contributed by atoms with Crippen LogP contribution in [0.1, 0.15) is 12.5 Å². The Kier molecular flexibility index (Phi) is 8.42. The Morgan fingerprint density at radius 1 is 1.33 bits per heavy atom. The number of hydrogen-bond donors (Lipinski definition) is 3. The standard InChI is InChI=1S/C15H24N2O4/c1-12(16)10-13-2-4-14(5-3-13)21-11-15(19)17-6-8-20-9-7-18/h2-5,12,18H,6-11,16H2,1H3,(H,17,19). The Morgan fingerprint density at radius 3 is 2.67 bits per heavy atom. The van der Waals surface area contributed by atoms with E-state index in [1.165, 1.54) is 0 Å². The van der Waals surface area contributed by atoms with E-state index in [4.69, 9.17) is 20.3 Å². The zero-order chi connectivity index (χ0) is 15.5. The van der Waals surface area contributed by atoms with E-state index < -0.39 is 0 Å². The maximum atomic E-state index is 11.5. The van der Waals surface area contributed by atoms with Crippen molar-refractivity contribution >= 4 is 5.91 Å². The molecule has 1 rings (SSSR count). The van der Waals surface area contributed by atoms with E-state index in [0.717, 1.165) is 12.0 Å². The van der Waals surface area contributed by atoms with E-state index in [0.29, 0.717) is 18.9 Å². The quantitative estimate of drug-likeness (QED) is 0.532. The van der Waals surface area contributed by atoms with Crippen molar-refractivity contribution in [3.05, 3.63) is 29.8 Å². The number of carbonyl (C=O) groups is 1. The molecule has 1 amide bonds. The van der Waals surface area contributed by atoms with E-state index >= 15 is 0 Å². The Morgan fingerprint density at radius 2 is 2.05 bits per heavy atom. The fourth-order valence-corrected chi connectivity index (χ4v) is 1.72. The summed E-state index contributed by atoms with van der Waals surface area (Å²) >= 11 is 0. The molecule has 1 unspecified atom stereocenters. The smallest absolute Gasteiger partial charge is 0.258 e. The van der Waals surface area contributed by atoms with Crippen LogP contribution in [0.15, 0.2) is 24.3 Å². The fraction of sp³-hybridized carbons (Fsp3) is 0.533. The minimum atomic E-state index is -0.206. The van der Waals surface area contributed by atoms with Gasteiger partial charge in [0.15, 0.2) is 6.61 Å². The molecule has 0 radical (unpaired) electrons. The van der Waals surface area contributed by atoms with E-state index in [9.17, 15) is 4.79 Å². The van der Waals surface area contributed by atoms with E-state index in [1.807, 2.05) is 31.2 Å². The third-order valence-electron chi connectivity index (χ3n) is 2.66. The summed E-state index contributed by atoms with van der Waals surface area (Å²) in [6, 6.07) is 7.67. The largest absolute Gasteiger partial charge is 0.484 e. The number of ether oxygens (including phenoxy) is 2. The molecule has 6 heteroatoms. The molecule has 4 N–H and O–H groups in total. The highest BCUT2D eigenvalue weighted by atomic mass is 16.5. The van der Waals surface area contributed by atoms with Crippen LogP contribution in [-0.4, -0.2) is 50.0 Å². The van der Waals surface area contributed by atoms with Crippen molar-refractivity contribution in [2.75, 3.05) is 33.0 Å². The molecule has 0 aliphatic heterocycles. The molecule has 21 heavy (non-hydrogen) atoms. The average molecular weight is 296 g/mol. The highest BCUT2D eigenvalue weighted by Crippen LogP contribution is 2.12. The van der Waals surface area contributed by atoms with Gasteiger partial charge in [-0.2, -0.15) is 0 Å². The van der Waals surface area contributed by atoms with Gasteiger partial charge in [0.1, 0.15) is 5.75 Å². The van der Waals surface area contributed by atoms with Crippen LogP contribution in [0.4, 0.5) is 0 Å². The highest BCUT2D eigenvalue weighted by Gasteiger charge is 2.03. The second kappa shape index (κ2) is 10.1. The molecule has 118 valence electrons. The van der Waals surface area contributed by atoms with Crippen LogP contribution < -0.4 is 15.8 Å². The number of aliphatic hydroxyl groups excluding tert-OH is 1. The van der Waals surface area contributed by atoms with Crippen molar-refractivity contribution in [3.8, 4) is 5.75 Å². The number of carbonyl (C=O) groups excluding carboxylic acids is 1. The third kappa shape index (κ3) is 8.29. The minimum absolute atomic E-state index is 0.0179. The van der Waals surface area contributed by atoms with Gasteiger partial charge in [-0.05, 0) is 31.0 Å². The van der Waals surface area contributed by atoms with Gasteiger partial charge in [0, 0.05) is 12.6 Å². The maximum absolute atomic E-state index is 11.5. The van der Waals surface area contributed by atoms with E-state index in [-0.39, 0.29) is 31.8 Å². The SMILES string of the molecule is CC(N)Cc1ccc(OCC(=O)NCCOCCO)cc1. The number of benzene rings is 1. The molecule has 0 bridgehead atoms. The number of nitrogens with two attached hydrogens (primary N) is 1. The monoisotopic (exact) mass is 296 g/mol. The summed E-state index contributed by atoms with van der Waals surface area (Å²) in [5.41, 5.74) is 6.87. The molecule has 1 atom stereocenters. The van der Waals surface area contributed by atoms with Crippen LogP contribution in [0.5, 0.6) is 5.75 Å². The molecule has 0 saturated carbocycles. The minimum Gasteiger partial charge on any atom is -0.484 e. The van der Waals surface area contributed by atoms with Gasteiger partial charge in [0.05, 0.1) is 19.8 Å². The van der Waals surface area contributed by atoms with Gasteiger partial charge in [-0.3, -0.25) is 4.79 Å². The maximum Gasteiger partial charge on any atom is 0.258 e. The zero-order valence-corrected chi connectivity index (χ0v) is 12.4. The van der Waals surface area contributed by atoms with Gasteiger partial charge >= 0.3 is 0 Å². The summed E-state index contributed by atoms with van der Waals surface area (Å²) in [5, 5.41) is 11.2. The van der Waals surface area contributed by atoms with Crippen molar-refractivity contribution in [3.63, 3.8) is 0 Å². The highest BCUT2D eigenvalue weighted by molar-refractivity contribution is 5.77. The van der Waals surface area contributed by atoms with Crippen LogP contribution in [0, 0.1) is 0 Å². The van der Waals surface area contributed by atoms with Gasteiger partial charge in [0.25, 0.3) is 5.91 Å². The lowest BCUT2D eigenvalue weighted by molar-refractivity contribution is -0.123. The Balaban J connectivity index is 2.20. The van der Waals surface area contributed by atoms with Crippen molar-refractivity contribution in [2.45, 2.75) is 19.4 Å². The molecule has 0 aromatic heterocycles. The molecule has 0 fully saturated rings. The lowest BCUT2D eigenvalue weighted by Gasteiger charge is -2.09. The number of rotatable bonds is 10. The molecule has 0 saturated heterocycles. The molecule has 6 nitrogen and oxygen atoms in total. The van der Waals surface area contributed by atoms with E-state index in [1.54, 1.807) is 0 Å². The number of nitrogens with one attached hydrogen (secondary N) is 1. The third-order valence-corrected chi connectivity index (χ3v) is 2.66. The van der Waals surface area contributed by atoms with Gasteiger partial charge in [0.2, 0.25) is 0 Å². The fourth-order valence-electron chi connectivity index (χ4n) is 1.72. The molecule has 1 aromatic carbocycles. The summed E-state index contributed by atoms with van der Waals surface area (Å²) < 4.78 is 10.4. The molecular weight excluding hydrogens is 272 g/mol. The summed E-state index contributed by atoms with van der Waals surface area (Å²) in [5.74, 6) is 0.442.